The van der Waals surface area contributed by atoms with Crippen LogP contribution in [0.2, 0.25) is 0 Å². The third-order valence-corrected chi connectivity index (χ3v) is 9.12. The molecule has 2 N–H and O–H groups in total. The minimum absolute atomic E-state index is 0.0949. The molecule has 2 saturated carbocycles. The Morgan fingerprint density at radius 1 is 0.930 bits per heavy atom. The van der Waals surface area contributed by atoms with Crippen LogP contribution in [-0.2, 0) is 19.1 Å². The summed E-state index contributed by atoms with van der Waals surface area (Å²) in [6.07, 6.45) is 15.9. The van der Waals surface area contributed by atoms with Gasteiger partial charge in [0.15, 0.2) is 0 Å². The van der Waals surface area contributed by atoms with Crippen LogP contribution in [0.3, 0.4) is 0 Å². The van der Waals surface area contributed by atoms with Crippen LogP contribution in [0, 0.1) is 23.7 Å². The molecule has 0 spiro atoms. The van der Waals surface area contributed by atoms with Crippen molar-refractivity contribution in [1.82, 2.24) is 0 Å². The van der Waals surface area contributed by atoms with E-state index in [0.717, 1.165) is 44.0 Å². The fraction of sp³-hybridized carbons (Fsp3) is 0.667. The van der Waals surface area contributed by atoms with Crippen LogP contribution in [0.4, 0.5) is 0 Å². The standard InChI is InChI=1S/C32H50O5.C4H6O2/c1-4-5-6-7-25-8-10-26(11-9-25)21-36-31-18-16-28(17-19-31)27-12-14-29(15-13-27)30(22-35-3)23-37-32(34)24(2)20-33;1-4(2-5)3-6/h16-19,25-27,29-30,33H,2,4-15,20-23H2,1,3H3;2,6H,1,3H2. The third kappa shape index (κ3) is 13.8. The number of esters is 1. The number of carbonyl (C=O) groups excluding carboxylic acids is 2. The summed E-state index contributed by atoms with van der Waals surface area (Å²) in [5.41, 5.74) is 1.71. The highest BCUT2D eigenvalue weighted by Crippen LogP contribution is 2.39. The van der Waals surface area contributed by atoms with Gasteiger partial charge in [0, 0.05) is 18.6 Å². The lowest BCUT2D eigenvalue weighted by Gasteiger charge is -2.33. The van der Waals surface area contributed by atoms with Crippen LogP contribution >= 0.6 is 0 Å². The fourth-order valence-electron chi connectivity index (χ4n) is 6.27. The molecular weight excluding hydrogens is 544 g/mol. The Hall–Kier alpha value is -2.48. The van der Waals surface area contributed by atoms with Gasteiger partial charge in [-0.2, -0.15) is 0 Å². The molecule has 0 saturated heterocycles. The summed E-state index contributed by atoms with van der Waals surface area (Å²) in [5.74, 6) is 3.33. The van der Waals surface area contributed by atoms with Gasteiger partial charge in [-0.1, -0.05) is 70.7 Å². The van der Waals surface area contributed by atoms with Gasteiger partial charge in [-0.15, -0.1) is 0 Å². The lowest BCUT2D eigenvalue weighted by atomic mass is 9.74. The molecule has 1 aromatic carbocycles. The maximum atomic E-state index is 11.9. The van der Waals surface area contributed by atoms with Gasteiger partial charge in [-0.25, -0.2) is 4.79 Å². The van der Waals surface area contributed by atoms with Crippen LogP contribution in [0.15, 0.2) is 48.6 Å². The number of unbranched alkanes of at least 4 members (excludes halogenated alkanes) is 2. The smallest absolute Gasteiger partial charge is 0.335 e. The molecule has 1 atom stereocenters. The summed E-state index contributed by atoms with van der Waals surface area (Å²) < 4.78 is 17.0. The number of methoxy groups -OCH3 is 1. The van der Waals surface area contributed by atoms with Crippen molar-refractivity contribution in [2.45, 2.75) is 89.9 Å². The molecule has 242 valence electrons. The number of hydrogen-bond donors (Lipinski definition) is 2. The quantitative estimate of drug-likeness (QED) is 0.0876. The van der Waals surface area contributed by atoms with Crippen molar-refractivity contribution in [3.8, 4) is 5.75 Å². The van der Waals surface area contributed by atoms with Gasteiger partial charge in [0.25, 0.3) is 0 Å². The van der Waals surface area contributed by atoms with E-state index in [-0.39, 0.29) is 30.3 Å². The van der Waals surface area contributed by atoms with Gasteiger partial charge in [-0.3, -0.25) is 4.79 Å². The maximum Gasteiger partial charge on any atom is 0.335 e. The molecule has 2 fully saturated rings. The van der Waals surface area contributed by atoms with Crippen molar-refractivity contribution in [2.24, 2.45) is 23.7 Å². The molecule has 0 aromatic heterocycles. The number of hydrogen-bond acceptors (Lipinski definition) is 7. The molecule has 7 nitrogen and oxygen atoms in total. The largest absolute Gasteiger partial charge is 0.493 e. The molecular formula is C36H56O7. The third-order valence-electron chi connectivity index (χ3n) is 9.12. The topological polar surface area (TPSA) is 102 Å². The average molecular weight is 601 g/mol. The second-order valence-corrected chi connectivity index (χ2v) is 12.4. The van der Waals surface area contributed by atoms with E-state index >= 15 is 0 Å². The van der Waals surface area contributed by atoms with E-state index in [1.54, 1.807) is 7.11 Å². The van der Waals surface area contributed by atoms with Crippen LogP contribution in [0.25, 0.3) is 0 Å². The van der Waals surface area contributed by atoms with Crippen molar-refractivity contribution >= 4 is 12.3 Å². The van der Waals surface area contributed by atoms with Crippen LogP contribution in [0.1, 0.15) is 95.5 Å². The lowest BCUT2D eigenvalue weighted by Crippen LogP contribution is -2.29. The van der Waals surface area contributed by atoms with Gasteiger partial charge in [0.1, 0.15) is 12.0 Å². The number of rotatable bonds is 17. The summed E-state index contributed by atoms with van der Waals surface area (Å²) in [6, 6.07) is 8.80. The zero-order chi connectivity index (χ0) is 31.5. The predicted molar refractivity (Wildman–Crippen MR) is 171 cm³/mol. The van der Waals surface area contributed by atoms with E-state index < -0.39 is 5.97 Å². The van der Waals surface area contributed by atoms with E-state index in [1.807, 2.05) is 0 Å². The van der Waals surface area contributed by atoms with E-state index in [9.17, 15) is 9.59 Å². The van der Waals surface area contributed by atoms with E-state index in [1.165, 1.54) is 56.9 Å². The number of aliphatic hydroxyl groups is 2. The molecule has 7 heteroatoms. The molecule has 2 aliphatic rings. The predicted octanol–water partition coefficient (Wildman–Crippen LogP) is 6.81. The SMILES string of the molecule is C=C(C=O)CO.C=C(CO)C(=O)OCC(COC)C1CCC(c2ccc(OCC3CCC(CCCCC)CC3)cc2)CC1. The number of aldehydes is 1. The van der Waals surface area contributed by atoms with Crippen LogP contribution < -0.4 is 4.74 Å². The molecule has 0 heterocycles. The molecule has 0 radical (unpaired) electrons. The zero-order valence-electron chi connectivity index (χ0n) is 26.6. The highest BCUT2D eigenvalue weighted by molar-refractivity contribution is 5.87. The Bertz CT molecular complexity index is 941. The summed E-state index contributed by atoms with van der Waals surface area (Å²) in [6.45, 7) is 10.1. The first kappa shape index (κ1) is 36.7. The van der Waals surface area contributed by atoms with Crippen LogP contribution in [0.5, 0.6) is 5.75 Å². The minimum atomic E-state index is -0.519. The van der Waals surface area contributed by atoms with Crippen LogP contribution in [-0.4, -0.2) is 62.6 Å². The van der Waals surface area contributed by atoms with Gasteiger partial charge < -0.3 is 24.4 Å². The summed E-state index contributed by atoms with van der Waals surface area (Å²) in [7, 11) is 1.69. The van der Waals surface area contributed by atoms with Crippen molar-refractivity contribution in [3.05, 3.63) is 54.1 Å². The molecule has 0 amide bonds. The fourth-order valence-corrected chi connectivity index (χ4v) is 6.27. The van der Waals surface area contributed by atoms with Crippen molar-refractivity contribution in [2.75, 3.05) is 40.1 Å². The van der Waals surface area contributed by atoms with Crippen molar-refractivity contribution in [1.29, 1.82) is 0 Å². The normalized spacial score (nSPS) is 22.4. The van der Waals surface area contributed by atoms with Gasteiger partial charge in [0.05, 0.1) is 38.6 Å². The molecule has 0 aliphatic heterocycles. The Morgan fingerprint density at radius 3 is 2.12 bits per heavy atom. The van der Waals surface area contributed by atoms with E-state index in [2.05, 4.69) is 44.3 Å². The van der Waals surface area contributed by atoms with Gasteiger partial charge in [0.2, 0.25) is 0 Å². The van der Waals surface area contributed by atoms with Gasteiger partial charge in [-0.05, 0) is 79.9 Å². The molecule has 2 aliphatic carbocycles. The summed E-state index contributed by atoms with van der Waals surface area (Å²) in [4.78, 5) is 21.4. The van der Waals surface area contributed by atoms with Crippen molar-refractivity contribution in [3.63, 3.8) is 0 Å². The second kappa shape index (κ2) is 21.3. The Kier molecular flexibility index (Phi) is 18.1. The molecule has 1 unspecified atom stereocenters. The number of aliphatic hydroxyl groups excluding tert-OH is 2. The molecule has 43 heavy (non-hydrogen) atoms. The first-order chi connectivity index (χ1) is 20.8. The zero-order valence-corrected chi connectivity index (χ0v) is 26.6. The molecule has 0 bridgehead atoms. The summed E-state index contributed by atoms with van der Waals surface area (Å²) in [5, 5.41) is 17.1. The number of benzene rings is 1. The highest BCUT2D eigenvalue weighted by atomic mass is 16.5. The minimum Gasteiger partial charge on any atom is -0.493 e. The van der Waals surface area contributed by atoms with Gasteiger partial charge >= 0.3 is 5.97 Å². The number of carbonyl (C=O) groups is 2. The molecule has 3 rings (SSSR count). The second-order valence-electron chi connectivity index (χ2n) is 12.4. The molecule has 1 aromatic rings. The Morgan fingerprint density at radius 2 is 1.58 bits per heavy atom. The maximum absolute atomic E-state index is 11.9. The van der Waals surface area contributed by atoms with Crippen molar-refractivity contribution < 1.29 is 34.0 Å². The van der Waals surface area contributed by atoms with E-state index in [4.69, 9.17) is 24.4 Å². The Balaban J connectivity index is 0.000000973. The van der Waals surface area contributed by atoms with E-state index in [0.29, 0.717) is 37.3 Å². The summed E-state index contributed by atoms with van der Waals surface area (Å²) >= 11 is 0. The first-order valence-electron chi connectivity index (χ1n) is 16.3. The lowest BCUT2D eigenvalue weighted by molar-refractivity contribution is -0.142. The average Bonchev–Trinajstić information content (AvgIpc) is 3.06. The highest BCUT2D eigenvalue weighted by Gasteiger charge is 2.29. The number of ether oxygens (including phenoxy) is 3. The Labute approximate surface area is 259 Å². The first-order valence-corrected chi connectivity index (χ1v) is 16.3. The monoisotopic (exact) mass is 600 g/mol.